The summed E-state index contributed by atoms with van der Waals surface area (Å²) in [5.74, 6) is 0.165. The van der Waals surface area contributed by atoms with Gasteiger partial charge in [-0.2, -0.15) is 0 Å². The van der Waals surface area contributed by atoms with Crippen molar-refractivity contribution < 1.29 is 14.4 Å². The molecule has 1 aliphatic heterocycles. The van der Waals surface area contributed by atoms with E-state index in [1.807, 2.05) is 6.20 Å². The van der Waals surface area contributed by atoms with Gasteiger partial charge in [-0.25, -0.2) is 14.3 Å². The third-order valence-electron chi connectivity index (χ3n) is 6.21. The number of nitrogens with zero attached hydrogens (tertiary/aromatic N) is 2. The molecule has 0 aliphatic carbocycles. The van der Waals surface area contributed by atoms with Gasteiger partial charge in [0.2, 0.25) is 5.84 Å². The minimum atomic E-state index is -0.799. The Morgan fingerprint density at radius 2 is 1.48 bits per heavy atom. The highest BCUT2D eigenvalue weighted by molar-refractivity contribution is 5.81. The Morgan fingerprint density at radius 3 is 2.00 bits per heavy atom. The van der Waals surface area contributed by atoms with Gasteiger partial charge in [0.05, 0.1) is 6.20 Å². The van der Waals surface area contributed by atoms with Crippen molar-refractivity contribution in [2.24, 2.45) is 10.7 Å². The summed E-state index contributed by atoms with van der Waals surface area (Å²) in [5.41, 5.74) is 5.73. The van der Waals surface area contributed by atoms with Crippen LogP contribution in [-0.4, -0.2) is 41.0 Å². The summed E-state index contributed by atoms with van der Waals surface area (Å²) < 4.78 is 0.307. The number of hydrogen-bond donors (Lipinski definition) is 2. The fraction of sp³-hybridized carbons (Fsp3) is 0.769. The number of unbranched alkanes of at least 4 members (excludes halogenated alkanes) is 13. The topological polar surface area (TPSA) is 75.7 Å². The molecule has 0 saturated heterocycles. The van der Waals surface area contributed by atoms with Gasteiger partial charge in [-0.05, 0) is 25.7 Å². The van der Waals surface area contributed by atoms with Gasteiger partial charge in [-0.3, -0.25) is 0 Å². The van der Waals surface area contributed by atoms with E-state index in [2.05, 4.69) is 24.1 Å². The van der Waals surface area contributed by atoms with E-state index in [0.717, 1.165) is 25.1 Å². The van der Waals surface area contributed by atoms with Crippen LogP contribution < -0.4 is 5.73 Å². The molecule has 1 atom stereocenters. The monoisotopic (exact) mass is 434 g/mol. The van der Waals surface area contributed by atoms with Crippen molar-refractivity contribution >= 4 is 11.8 Å². The summed E-state index contributed by atoms with van der Waals surface area (Å²) in [6.45, 7) is 3.31. The highest BCUT2D eigenvalue weighted by Gasteiger charge is 2.36. The molecule has 5 nitrogen and oxygen atoms in total. The van der Waals surface area contributed by atoms with Crippen molar-refractivity contribution in [2.45, 2.75) is 110 Å². The van der Waals surface area contributed by atoms with Gasteiger partial charge in [0, 0.05) is 13.0 Å². The molecule has 3 N–H and O–H groups in total. The van der Waals surface area contributed by atoms with E-state index in [1.54, 1.807) is 6.20 Å². The zero-order valence-electron chi connectivity index (χ0n) is 20.1. The van der Waals surface area contributed by atoms with Crippen LogP contribution in [0.25, 0.3) is 0 Å². The molecule has 5 heteroatoms. The lowest BCUT2D eigenvalue weighted by molar-refractivity contribution is -0.778. The van der Waals surface area contributed by atoms with Crippen molar-refractivity contribution in [3.63, 3.8) is 0 Å². The Kier molecular flexibility index (Phi) is 16.1. The van der Waals surface area contributed by atoms with E-state index < -0.39 is 5.97 Å². The fourth-order valence-electron chi connectivity index (χ4n) is 4.41. The highest BCUT2D eigenvalue weighted by atomic mass is 16.4. The Labute approximate surface area is 191 Å². The van der Waals surface area contributed by atoms with Crippen LogP contribution in [0.2, 0.25) is 0 Å². The lowest BCUT2D eigenvalue weighted by atomic mass is 10.0. The van der Waals surface area contributed by atoms with Gasteiger partial charge in [0.25, 0.3) is 0 Å². The Bertz CT molecular complexity index is 557. The van der Waals surface area contributed by atoms with Gasteiger partial charge in [0.15, 0.2) is 6.54 Å². The molecule has 0 aromatic carbocycles. The predicted octanol–water partition coefficient (Wildman–Crippen LogP) is 6.55. The molecule has 0 fully saturated rings. The number of carboxylic acids is 1. The smallest absolute Gasteiger partial charge is 0.360 e. The third-order valence-corrected chi connectivity index (χ3v) is 6.21. The summed E-state index contributed by atoms with van der Waals surface area (Å²) in [4.78, 5) is 15.7. The number of aliphatic carboxylic acids is 1. The van der Waals surface area contributed by atoms with Crippen LogP contribution in [0.3, 0.4) is 0 Å². The lowest BCUT2D eigenvalue weighted by Crippen LogP contribution is -2.52. The van der Waals surface area contributed by atoms with Crippen LogP contribution in [-0.2, 0) is 4.79 Å². The number of rotatable bonds is 21. The van der Waals surface area contributed by atoms with E-state index >= 15 is 0 Å². The summed E-state index contributed by atoms with van der Waals surface area (Å²) >= 11 is 0. The molecule has 178 valence electrons. The van der Waals surface area contributed by atoms with Crippen LogP contribution >= 0.6 is 0 Å². The van der Waals surface area contributed by atoms with Crippen molar-refractivity contribution in [1.82, 2.24) is 0 Å². The zero-order chi connectivity index (χ0) is 22.6. The zero-order valence-corrected chi connectivity index (χ0v) is 20.1. The van der Waals surface area contributed by atoms with E-state index in [-0.39, 0.29) is 6.54 Å². The molecule has 1 aliphatic rings. The molecule has 0 bridgehead atoms. The summed E-state index contributed by atoms with van der Waals surface area (Å²) in [5, 5.41) is 9.26. The number of carbonyl (C=O) groups is 1. The van der Waals surface area contributed by atoms with E-state index in [0.29, 0.717) is 17.6 Å². The predicted molar refractivity (Wildman–Crippen MR) is 132 cm³/mol. The summed E-state index contributed by atoms with van der Waals surface area (Å²) in [6, 6.07) is 0. The first-order valence-electron chi connectivity index (χ1n) is 12.8. The summed E-state index contributed by atoms with van der Waals surface area (Å²) in [6.07, 6.45) is 28.8. The third kappa shape index (κ3) is 12.9. The van der Waals surface area contributed by atoms with E-state index in [9.17, 15) is 9.90 Å². The number of amidine groups is 1. The number of aliphatic imine (C=N–C) groups is 1. The van der Waals surface area contributed by atoms with Crippen molar-refractivity contribution in [3.05, 3.63) is 24.6 Å². The first-order valence-corrected chi connectivity index (χ1v) is 12.8. The highest BCUT2D eigenvalue weighted by Crippen LogP contribution is 2.21. The average molecular weight is 435 g/mol. The van der Waals surface area contributed by atoms with Gasteiger partial charge in [-0.15, -0.1) is 0 Å². The maximum Gasteiger partial charge on any atom is 0.360 e. The first-order chi connectivity index (χ1) is 15.1. The van der Waals surface area contributed by atoms with Crippen LogP contribution in [0.15, 0.2) is 29.5 Å². The van der Waals surface area contributed by atoms with Crippen LogP contribution in [0.5, 0.6) is 0 Å². The van der Waals surface area contributed by atoms with Gasteiger partial charge in [-0.1, -0.05) is 89.7 Å². The normalized spacial score (nSPS) is 18.2. The standard InChI is InChI=1S/C26H47N3O2/c1-2-3-4-5-6-7-8-9-10-11-12-13-14-15-16-17-18-19-25-28-21-23-29(25,22-20-27)24-26(30)31/h3-4,21,23H,2,5-20,22,24,27H2,1H3/p+1/b4-3+. The number of allylic oxidation sites excluding steroid dienone is 2. The van der Waals surface area contributed by atoms with Crippen LogP contribution in [0.1, 0.15) is 110 Å². The largest absolute Gasteiger partial charge is 0.477 e. The molecule has 1 unspecified atom stereocenters. The lowest BCUT2D eigenvalue weighted by Gasteiger charge is -2.30. The minimum Gasteiger partial charge on any atom is -0.477 e. The Morgan fingerprint density at radius 1 is 0.935 bits per heavy atom. The van der Waals surface area contributed by atoms with Gasteiger partial charge < -0.3 is 10.8 Å². The Balaban J connectivity index is 1.94. The average Bonchev–Trinajstić information content (AvgIpc) is 3.11. The maximum absolute atomic E-state index is 11.3. The molecular formula is C26H48N3O2+. The molecule has 0 radical (unpaired) electrons. The molecular weight excluding hydrogens is 386 g/mol. The van der Waals surface area contributed by atoms with E-state index in [4.69, 9.17) is 5.73 Å². The van der Waals surface area contributed by atoms with Gasteiger partial charge >= 0.3 is 5.97 Å². The fourth-order valence-corrected chi connectivity index (χ4v) is 4.41. The number of carboxylic acid groups (broad SMARTS) is 1. The summed E-state index contributed by atoms with van der Waals surface area (Å²) in [7, 11) is 0. The minimum absolute atomic E-state index is 0.0445. The van der Waals surface area contributed by atoms with E-state index in [1.165, 1.54) is 83.5 Å². The quantitative estimate of drug-likeness (QED) is 0.122. The number of quaternary nitrogens is 1. The molecule has 0 spiro atoms. The van der Waals surface area contributed by atoms with Crippen molar-refractivity contribution in [3.8, 4) is 0 Å². The molecule has 0 aromatic heterocycles. The second-order valence-corrected chi connectivity index (χ2v) is 8.96. The molecule has 0 amide bonds. The second kappa shape index (κ2) is 18.1. The SMILES string of the molecule is CC/C=C/CCCCCCCCCCCCCCCC1=NC=C[N+]1(CCN)CC(=O)O. The van der Waals surface area contributed by atoms with Crippen molar-refractivity contribution in [2.75, 3.05) is 19.6 Å². The maximum atomic E-state index is 11.3. The van der Waals surface area contributed by atoms with Crippen LogP contribution in [0.4, 0.5) is 0 Å². The number of nitrogens with two attached hydrogens (primary N) is 1. The van der Waals surface area contributed by atoms with Gasteiger partial charge in [0.1, 0.15) is 12.7 Å². The second-order valence-electron chi connectivity index (χ2n) is 8.96. The molecule has 1 heterocycles. The number of hydrogen-bond acceptors (Lipinski definition) is 3. The van der Waals surface area contributed by atoms with Crippen LogP contribution in [0, 0.1) is 0 Å². The molecule has 1 rings (SSSR count). The first kappa shape index (κ1) is 27.6. The van der Waals surface area contributed by atoms with Crippen molar-refractivity contribution in [1.29, 1.82) is 0 Å². The molecule has 31 heavy (non-hydrogen) atoms. The Hall–Kier alpha value is -1.46. The molecule has 0 aromatic rings. The molecule has 0 saturated carbocycles.